The molecule has 0 saturated carbocycles. The van der Waals surface area contributed by atoms with Crippen LogP contribution in [0.1, 0.15) is 16.2 Å². The molecule has 0 unspecified atom stereocenters. The third-order valence-electron chi connectivity index (χ3n) is 3.16. The average molecular weight is 310 g/mol. The summed E-state index contributed by atoms with van der Waals surface area (Å²) in [5, 5.41) is 6.62. The molecule has 1 amide bonds. The highest BCUT2D eigenvalue weighted by molar-refractivity contribution is 5.93. The monoisotopic (exact) mass is 310 g/mol. The van der Waals surface area contributed by atoms with Gasteiger partial charge in [0.2, 0.25) is 11.7 Å². The molecule has 23 heavy (non-hydrogen) atoms. The zero-order valence-corrected chi connectivity index (χ0v) is 12.4. The van der Waals surface area contributed by atoms with Gasteiger partial charge in [-0.25, -0.2) is 0 Å². The third kappa shape index (κ3) is 3.52. The number of methoxy groups -OCH3 is 1. The predicted molar refractivity (Wildman–Crippen MR) is 81.7 cm³/mol. The van der Waals surface area contributed by atoms with E-state index in [1.54, 1.807) is 31.6 Å². The van der Waals surface area contributed by atoms with Crippen molar-refractivity contribution >= 4 is 5.91 Å². The SMILES string of the molecule is COc1ccc(-c2noc(CNC(=O)c3ccncc3)n2)cc1. The predicted octanol–water partition coefficient (Wildman–Crippen LogP) is 2.07. The van der Waals surface area contributed by atoms with Gasteiger partial charge in [-0.1, -0.05) is 5.16 Å². The van der Waals surface area contributed by atoms with E-state index in [1.807, 2.05) is 24.3 Å². The van der Waals surface area contributed by atoms with E-state index < -0.39 is 0 Å². The fourth-order valence-electron chi connectivity index (χ4n) is 1.95. The number of aromatic nitrogens is 3. The van der Waals surface area contributed by atoms with Crippen LogP contribution >= 0.6 is 0 Å². The van der Waals surface area contributed by atoms with E-state index in [9.17, 15) is 4.79 Å². The van der Waals surface area contributed by atoms with Gasteiger partial charge in [-0.3, -0.25) is 9.78 Å². The number of benzene rings is 1. The number of amides is 1. The van der Waals surface area contributed by atoms with Crippen LogP contribution in [-0.2, 0) is 6.54 Å². The minimum Gasteiger partial charge on any atom is -0.497 e. The summed E-state index contributed by atoms with van der Waals surface area (Å²) >= 11 is 0. The van der Waals surface area contributed by atoms with Crippen LogP contribution in [0.4, 0.5) is 0 Å². The Kier molecular flexibility index (Phi) is 4.28. The van der Waals surface area contributed by atoms with Gasteiger partial charge in [0.05, 0.1) is 13.7 Å². The van der Waals surface area contributed by atoms with Crippen LogP contribution in [0.2, 0.25) is 0 Å². The Morgan fingerprint density at radius 1 is 1.17 bits per heavy atom. The maximum Gasteiger partial charge on any atom is 0.251 e. The lowest BCUT2D eigenvalue weighted by Gasteiger charge is -2.01. The number of nitrogens with one attached hydrogen (secondary N) is 1. The number of carbonyl (C=O) groups excluding carboxylic acids is 1. The molecule has 1 N–H and O–H groups in total. The summed E-state index contributed by atoms with van der Waals surface area (Å²) in [6, 6.07) is 10.6. The van der Waals surface area contributed by atoms with Gasteiger partial charge in [0.15, 0.2) is 0 Å². The molecule has 0 spiro atoms. The van der Waals surface area contributed by atoms with Gasteiger partial charge in [0.1, 0.15) is 5.75 Å². The Morgan fingerprint density at radius 3 is 2.61 bits per heavy atom. The summed E-state index contributed by atoms with van der Waals surface area (Å²) in [4.78, 5) is 20.0. The molecule has 1 aromatic carbocycles. The van der Waals surface area contributed by atoms with E-state index in [-0.39, 0.29) is 12.5 Å². The van der Waals surface area contributed by atoms with Crippen molar-refractivity contribution in [3.8, 4) is 17.1 Å². The van der Waals surface area contributed by atoms with Gasteiger partial charge in [-0.15, -0.1) is 0 Å². The Hall–Kier alpha value is -3.22. The molecule has 3 rings (SSSR count). The van der Waals surface area contributed by atoms with Crippen LogP contribution < -0.4 is 10.1 Å². The van der Waals surface area contributed by atoms with Crippen molar-refractivity contribution in [2.75, 3.05) is 7.11 Å². The maximum atomic E-state index is 11.9. The van der Waals surface area contributed by atoms with Crippen molar-refractivity contribution in [2.45, 2.75) is 6.54 Å². The highest BCUT2D eigenvalue weighted by atomic mass is 16.5. The van der Waals surface area contributed by atoms with E-state index in [2.05, 4.69) is 20.4 Å². The topological polar surface area (TPSA) is 90.1 Å². The van der Waals surface area contributed by atoms with Crippen molar-refractivity contribution in [3.63, 3.8) is 0 Å². The second-order valence-corrected chi connectivity index (χ2v) is 4.66. The lowest BCUT2D eigenvalue weighted by Crippen LogP contribution is -2.22. The molecule has 0 atom stereocenters. The molecular formula is C16H14N4O3. The van der Waals surface area contributed by atoms with E-state index >= 15 is 0 Å². The van der Waals surface area contributed by atoms with Crippen molar-refractivity contribution in [2.24, 2.45) is 0 Å². The summed E-state index contributed by atoms with van der Waals surface area (Å²) in [5.41, 5.74) is 1.33. The van der Waals surface area contributed by atoms with Crippen molar-refractivity contribution in [1.82, 2.24) is 20.4 Å². The molecule has 7 nitrogen and oxygen atoms in total. The van der Waals surface area contributed by atoms with Crippen LogP contribution in [0.15, 0.2) is 53.3 Å². The van der Waals surface area contributed by atoms with E-state index in [4.69, 9.17) is 9.26 Å². The number of carbonyl (C=O) groups is 1. The Bertz CT molecular complexity index is 785. The van der Waals surface area contributed by atoms with E-state index in [1.165, 1.54) is 0 Å². The van der Waals surface area contributed by atoms with Gasteiger partial charge in [0, 0.05) is 23.5 Å². The third-order valence-corrected chi connectivity index (χ3v) is 3.16. The van der Waals surface area contributed by atoms with E-state index in [0.717, 1.165) is 11.3 Å². The van der Waals surface area contributed by atoms with Gasteiger partial charge in [-0.2, -0.15) is 4.98 Å². The molecule has 0 bridgehead atoms. The maximum absolute atomic E-state index is 11.9. The normalized spacial score (nSPS) is 10.3. The van der Waals surface area contributed by atoms with Crippen LogP contribution in [0.5, 0.6) is 5.75 Å². The molecule has 0 fully saturated rings. The van der Waals surface area contributed by atoms with Crippen LogP contribution in [-0.4, -0.2) is 28.1 Å². The first kappa shape index (κ1) is 14.7. The smallest absolute Gasteiger partial charge is 0.251 e. The molecule has 0 aliphatic heterocycles. The Labute approximate surface area is 132 Å². The van der Waals surface area contributed by atoms with Crippen molar-refractivity contribution in [1.29, 1.82) is 0 Å². The Balaban J connectivity index is 1.64. The average Bonchev–Trinajstić information content (AvgIpc) is 3.09. The first-order chi connectivity index (χ1) is 11.3. The largest absolute Gasteiger partial charge is 0.497 e. The van der Waals surface area contributed by atoms with Crippen molar-refractivity contribution in [3.05, 3.63) is 60.2 Å². The van der Waals surface area contributed by atoms with E-state index in [0.29, 0.717) is 17.3 Å². The first-order valence-electron chi connectivity index (χ1n) is 6.91. The molecular weight excluding hydrogens is 296 g/mol. The quantitative estimate of drug-likeness (QED) is 0.776. The number of hydrogen-bond donors (Lipinski definition) is 1. The zero-order chi connectivity index (χ0) is 16.1. The molecule has 2 heterocycles. The molecule has 0 radical (unpaired) electrons. The fourth-order valence-corrected chi connectivity index (χ4v) is 1.95. The molecule has 2 aromatic heterocycles. The number of rotatable bonds is 5. The summed E-state index contributed by atoms with van der Waals surface area (Å²) in [5.74, 6) is 1.32. The lowest BCUT2D eigenvalue weighted by molar-refractivity contribution is 0.0946. The van der Waals surface area contributed by atoms with Gasteiger partial charge < -0.3 is 14.6 Å². The number of pyridine rings is 1. The molecule has 7 heteroatoms. The summed E-state index contributed by atoms with van der Waals surface area (Å²) in [7, 11) is 1.60. The fraction of sp³-hybridized carbons (Fsp3) is 0.125. The lowest BCUT2D eigenvalue weighted by atomic mass is 10.2. The molecule has 0 aliphatic rings. The molecule has 0 saturated heterocycles. The number of hydrogen-bond acceptors (Lipinski definition) is 6. The second-order valence-electron chi connectivity index (χ2n) is 4.66. The highest BCUT2D eigenvalue weighted by Crippen LogP contribution is 2.19. The minimum absolute atomic E-state index is 0.157. The highest BCUT2D eigenvalue weighted by Gasteiger charge is 2.11. The number of ether oxygens (including phenoxy) is 1. The van der Waals surface area contributed by atoms with Gasteiger partial charge in [0.25, 0.3) is 5.91 Å². The zero-order valence-electron chi connectivity index (χ0n) is 12.4. The molecule has 0 aliphatic carbocycles. The molecule has 116 valence electrons. The summed E-state index contributed by atoms with van der Waals surface area (Å²) < 4.78 is 10.2. The van der Waals surface area contributed by atoms with Crippen LogP contribution in [0.3, 0.4) is 0 Å². The summed E-state index contributed by atoms with van der Waals surface area (Å²) in [6.07, 6.45) is 3.12. The molecule has 3 aromatic rings. The van der Waals surface area contributed by atoms with Crippen molar-refractivity contribution < 1.29 is 14.1 Å². The van der Waals surface area contributed by atoms with Gasteiger partial charge in [-0.05, 0) is 36.4 Å². The summed E-state index contributed by atoms with van der Waals surface area (Å²) in [6.45, 7) is 0.157. The van der Waals surface area contributed by atoms with Crippen LogP contribution in [0, 0.1) is 0 Å². The minimum atomic E-state index is -0.225. The first-order valence-corrected chi connectivity index (χ1v) is 6.91. The van der Waals surface area contributed by atoms with Gasteiger partial charge >= 0.3 is 0 Å². The standard InChI is InChI=1S/C16H14N4O3/c1-22-13-4-2-11(3-5-13)15-19-14(23-20-15)10-18-16(21)12-6-8-17-9-7-12/h2-9H,10H2,1H3,(H,18,21). The second kappa shape index (κ2) is 6.69. The van der Waals surface area contributed by atoms with Crippen LogP contribution in [0.25, 0.3) is 11.4 Å². The number of nitrogens with zero attached hydrogens (tertiary/aromatic N) is 3. The Morgan fingerprint density at radius 2 is 1.91 bits per heavy atom.